The maximum absolute atomic E-state index is 12.1. The molecule has 3 rings (SSSR count). The summed E-state index contributed by atoms with van der Waals surface area (Å²) in [5.74, 6) is 1.26. The van der Waals surface area contributed by atoms with E-state index in [1.54, 1.807) is 27.8 Å². The van der Waals surface area contributed by atoms with Gasteiger partial charge in [0.05, 0.1) is 12.2 Å². The molecule has 104 valence electrons. The first-order valence-electron chi connectivity index (χ1n) is 6.38. The van der Waals surface area contributed by atoms with Crippen LogP contribution < -0.4 is 15.4 Å². The molecular weight excluding hydrogens is 258 g/mol. The zero-order chi connectivity index (χ0) is 14.1. The molecule has 1 aliphatic rings. The monoisotopic (exact) mass is 273 g/mol. The molecule has 0 atom stereocenters. The third-order valence-corrected chi connectivity index (χ3v) is 3.22. The third kappa shape index (κ3) is 2.07. The first-order chi connectivity index (χ1) is 9.69. The van der Waals surface area contributed by atoms with Crippen LogP contribution >= 0.6 is 0 Å². The topological polar surface area (TPSA) is 86.3 Å². The molecule has 1 aromatic carbocycles. The van der Waals surface area contributed by atoms with E-state index in [9.17, 15) is 4.79 Å². The fourth-order valence-corrected chi connectivity index (χ4v) is 2.21. The van der Waals surface area contributed by atoms with Gasteiger partial charge in [-0.15, -0.1) is 0 Å². The van der Waals surface area contributed by atoms with Crippen molar-refractivity contribution in [3.63, 3.8) is 0 Å². The van der Waals surface area contributed by atoms with Gasteiger partial charge in [-0.3, -0.25) is 9.69 Å². The number of hydrogen-bond donors (Lipinski definition) is 1. The van der Waals surface area contributed by atoms with E-state index in [-0.39, 0.29) is 12.5 Å². The Hall–Kier alpha value is -2.57. The van der Waals surface area contributed by atoms with Gasteiger partial charge in [-0.25, -0.2) is 9.67 Å². The Labute approximate surface area is 116 Å². The largest absolute Gasteiger partial charge is 0.481 e. The smallest absolute Gasteiger partial charge is 0.265 e. The molecule has 0 unspecified atom stereocenters. The molecule has 7 nitrogen and oxygen atoms in total. The molecule has 0 saturated heterocycles. The van der Waals surface area contributed by atoms with E-state index in [2.05, 4.69) is 10.1 Å². The Morgan fingerprint density at radius 3 is 3.10 bits per heavy atom. The second-order valence-corrected chi connectivity index (χ2v) is 4.49. The first kappa shape index (κ1) is 12.5. The van der Waals surface area contributed by atoms with Gasteiger partial charge in [0.1, 0.15) is 17.9 Å². The minimum Gasteiger partial charge on any atom is -0.481 e. The summed E-state index contributed by atoms with van der Waals surface area (Å²) < 4.78 is 7.17. The van der Waals surface area contributed by atoms with Crippen molar-refractivity contribution in [3.8, 4) is 5.75 Å². The van der Waals surface area contributed by atoms with Crippen LogP contribution in [0.1, 0.15) is 12.7 Å². The number of rotatable bonds is 3. The number of amides is 1. The van der Waals surface area contributed by atoms with Crippen LogP contribution in [-0.4, -0.2) is 27.3 Å². The standard InChI is InChI=1S/C13H15N5O2/c1-2-18-12(15-8-16-18)6-17-10-4-3-9(14)5-11(10)20-7-13(17)19/h3-5,8H,2,6-7,14H2,1H3. The minimum absolute atomic E-state index is 0.0106. The number of benzene rings is 1. The van der Waals surface area contributed by atoms with Gasteiger partial charge >= 0.3 is 0 Å². The molecule has 2 heterocycles. The van der Waals surface area contributed by atoms with Crippen LogP contribution in [-0.2, 0) is 17.9 Å². The predicted octanol–water partition coefficient (Wildman–Crippen LogP) is 0.806. The van der Waals surface area contributed by atoms with Crippen molar-refractivity contribution in [3.05, 3.63) is 30.4 Å². The normalized spacial score (nSPS) is 14.1. The number of nitrogens with two attached hydrogens (primary N) is 1. The molecule has 1 aromatic heterocycles. The second-order valence-electron chi connectivity index (χ2n) is 4.49. The van der Waals surface area contributed by atoms with Crippen molar-refractivity contribution < 1.29 is 9.53 Å². The highest BCUT2D eigenvalue weighted by molar-refractivity contribution is 5.97. The van der Waals surface area contributed by atoms with Crippen molar-refractivity contribution in [2.75, 3.05) is 17.2 Å². The number of aryl methyl sites for hydroxylation is 1. The molecule has 2 N–H and O–H groups in total. The van der Waals surface area contributed by atoms with Crippen molar-refractivity contribution in [1.29, 1.82) is 0 Å². The van der Waals surface area contributed by atoms with E-state index in [0.29, 0.717) is 30.2 Å². The fraction of sp³-hybridized carbons (Fsp3) is 0.308. The van der Waals surface area contributed by atoms with Gasteiger partial charge in [0, 0.05) is 18.3 Å². The molecule has 0 aliphatic carbocycles. The summed E-state index contributed by atoms with van der Waals surface area (Å²) in [5.41, 5.74) is 7.05. The van der Waals surface area contributed by atoms with Gasteiger partial charge in [0.25, 0.3) is 5.91 Å². The number of aromatic nitrogens is 3. The van der Waals surface area contributed by atoms with Gasteiger partial charge in [-0.2, -0.15) is 5.10 Å². The highest BCUT2D eigenvalue weighted by atomic mass is 16.5. The van der Waals surface area contributed by atoms with Crippen molar-refractivity contribution in [1.82, 2.24) is 14.8 Å². The SMILES string of the molecule is CCn1ncnc1CN1C(=O)COc2cc(N)ccc21. The lowest BCUT2D eigenvalue weighted by Gasteiger charge is -2.29. The Morgan fingerprint density at radius 1 is 1.45 bits per heavy atom. The maximum atomic E-state index is 12.1. The number of nitrogen functional groups attached to an aromatic ring is 1. The van der Waals surface area contributed by atoms with E-state index < -0.39 is 0 Å². The molecule has 0 radical (unpaired) electrons. The summed E-state index contributed by atoms with van der Waals surface area (Å²) in [6, 6.07) is 5.26. The van der Waals surface area contributed by atoms with E-state index in [4.69, 9.17) is 10.5 Å². The summed E-state index contributed by atoms with van der Waals surface area (Å²) >= 11 is 0. The van der Waals surface area contributed by atoms with Crippen LogP contribution in [0, 0.1) is 0 Å². The summed E-state index contributed by atoms with van der Waals surface area (Å²) in [5, 5.41) is 4.11. The molecule has 1 aliphatic heterocycles. The van der Waals surface area contributed by atoms with Gasteiger partial charge in [-0.1, -0.05) is 0 Å². The Kier molecular flexibility index (Phi) is 3.02. The van der Waals surface area contributed by atoms with Crippen molar-refractivity contribution >= 4 is 17.3 Å². The number of carbonyl (C=O) groups is 1. The highest BCUT2D eigenvalue weighted by Crippen LogP contribution is 2.34. The fourth-order valence-electron chi connectivity index (χ4n) is 2.21. The lowest BCUT2D eigenvalue weighted by atomic mass is 10.2. The average molecular weight is 273 g/mol. The summed E-state index contributed by atoms with van der Waals surface area (Å²) in [4.78, 5) is 17.9. The van der Waals surface area contributed by atoms with Crippen LogP contribution in [0.25, 0.3) is 0 Å². The minimum atomic E-state index is -0.104. The molecule has 1 amide bonds. The van der Waals surface area contributed by atoms with E-state index in [1.165, 1.54) is 6.33 Å². The van der Waals surface area contributed by atoms with Gasteiger partial charge in [0.15, 0.2) is 6.61 Å². The number of carbonyl (C=O) groups excluding carboxylic acids is 1. The van der Waals surface area contributed by atoms with Crippen LogP contribution in [0.3, 0.4) is 0 Å². The van der Waals surface area contributed by atoms with E-state index >= 15 is 0 Å². The molecule has 0 saturated carbocycles. The third-order valence-electron chi connectivity index (χ3n) is 3.22. The Morgan fingerprint density at radius 2 is 2.30 bits per heavy atom. The number of fused-ring (bicyclic) bond motifs is 1. The van der Waals surface area contributed by atoms with E-state index in [1.807, 2.05) is 6.92 Å². The molecule has 7 heteroatoms. The van der Waals surface area contributed by atoms with Crippen LogP contribution in [0.2, 0.25) is 0 Å². The first-order valence-corrected chi connectivity index (χ1v) is 6.38. The number of anilines is 2. The molecule has 2 aromatic rings. The number of nitrogens with zero attached hydrogens (tertiary/aromatic N) is 4. The Bertz CT molecular complexity index is 652. The lowest BCUT2D eigenvalue weighted by molar-refractivity contribution is -0.121. The van der Waals surface area contributed by atoms with E-state index in [0.717, 1.165) is 5.82 Å². The van der Waals surface area contributed by atoms with Gasteiger partial charge in [0.2, 0.25) is 0 Å². The number of ether oxygens (including phenoxy) is 1. The van der Waals surface area contributed by atoms with Crippen LogP contribution in [0.5, 0.6) is 5.75 Å². The summed E-state index contributed by atoms with van der Waals surface area (Å²) in [6.07, 6.45) is 1.49. The van der Waals surface area contributed by atoms with Crippen molar-refractivity contribution in [2.24, 2.45) is 0 Å². The van der Waals surface area contributed by atoms with Crippen LogP contribution in [0.4, 0.5) is 11.4 Å². The molecular formula is C13H15N5O2. The zero-order valence-corrected chi connectivity index (χ0v) is 11.1. The molecule has 0 fully saturated rings. The predicted molar refractivity (Wildman–Crippen MR) is 73.2 cm³/mol. The average Bonchev–Trinajstić information content (AvgIpc) is 2.89. The second kappa shape index (κ2) is 4.84. The quantitative estimate of drug-likeness (QED) is 0.836. The maximum Gasteiger partial charge on any atom is 0.265 e. The summed E-state index contributed by atoms with van der Waals surface area (Å²) in [7, 11) is 0. The highest BCUT2D eigenvalue weighted by Gasteiger charge is 2.26. The lowest BCUT2D eigenvalue weighted by Crippen LogP contribution is -2.39. The molecule has 0 spiro atoms. The number of hydrogen-bond acceptors (Lipinski definition) is 5. The van der Waals surface area contributed by atoms with Crippen LogP contribution in [0.15, 0.2) is 24.5 Å². The Balaban J connectivity index is 1.95. The molecule has 0 bridgehead atoms. The van der Waals surface area contributed by atoms with Crippen molar-refractivity contribution in [2.45, 2.75) is 20.0 Å². The van der Waals surface area contributed by atoms with Gasteiger partial charge < -0.3 is 10.5 Å². The molecule has 20 heavy (non-hydrogen) atoms. The summed E-state index contributed by atoms with van der Waals surface area (Å²) in [6.45, 7) is 3.07. The van der Waals surface area contributed by atoms with Gasteiger partial charge in [-0.05, 0) is 19.1 Å². The zero-order valence-electron chi connectivity index (χ0n) is 11.1.